The first kappa shape index (κ1) is 29.5. The van der Waals surface area contributed by atoms with Gasteiger partial charge in [-0.3, -0.25) is 13.9 Å². The minimum Gasteiger partial charge on any atom is -0.324 e. The summed E-state index contributed by atoms with van der Waals surface area (Å²) in [6.07, 6.45) is 0. The smallest absolute Gasteiger partial charge is 0.264 e. The quantitative estimate of drug-likeness (QED) is 0.251. The van der Waals surface area contributed by atoms with Gasteiger partial charge in [0.25, 0.3) is 15.9 Å². The van der Waals surface area contributed by atoms with Gasteiger partial charge in [0.2, 0.25) is 5.91 Å². The molecule has 0 heterocycles. The summed E-state index contributed by atoms with van der Waals surface area (Å²) < 4.78 is 42.5. The largest absolute Gasteiger partial charge is 0.324 e. The Bertz CT molecular complexity index is 1660. The number of para-hydroxylation sites is 1. The van der Waals surface area contributed by atoms with Gasteiger partial charge in [0.1, 0.15) is 12.4 Å². The molecule has 0 bridgehead atoms. The molecule has 0 aliphatic heterocycles. The van der Waals surface area contributed by atoms with E-state index < -0.39 is 28.3 Å². The second-order valence-electron chi connectivity index (χ2n) is 10.7. The number of benzene rings is 4. The first-order chi connectivity index (χ1) is 19.3. The van der Waals surface area contributed by atoms with Gasteiger partial charge in [-0.15, -0.1) is 0 Å². The van der Waals surface area contributed by atoms with Crippen LogP contribution in [0.1, 0.15) is 42.3 Å². The lowest BCUT2D eigenvalue weighted by Gasteiger charge is -2.24. The molecule has 212 valence electrons. The summed E-state index contributed by atoms with van der Waals surface area (Å²) in [5.41, 5.74) is 2.92. The van der Waals surface area contributed by atoms with E-state index in [4.69, 9.17) is 0 Å². The Kier molecular flexibility index (Phi) is 8.58. The van der Waals surface area contributed by atoms with Crippen molar-refractivity contribution in [3.63, 3.8) is 0 Å². The number of aryl methyl sites for hydroxylation is 1. The van der Waals surface area contributed by atoms with Crippen molar-refractivity contribution in [3.8, 4) is 0 Å². The molecule has 0 radical (unpaired) electrons. The zero-order valence-corrected chi connectivity index (χ0v) is 24.1. The fourth-order valence-corrected chi connectivity index (χ4v) is 5.55. The molecule has 2 N–H and O–H groups in total. The van der Waals surface area contributed by atoms with Crippen molar-refractivity contribution in [2.45, 2.75) is 38.0 Å². The molecule has 4 aromatic carbocycles. The highest BCUT2D eigenvalue weighted by Gasteiger charge is 2.29. The lowest BCUT2D eigenvalue weighted by molar-refractivity contribution is -0.114. The highest BCUT2D eigenvalue weighted by atomic mass is 32.2. The van der Waals surface area contributed by atoms with E-state index in [0.717, 1.165) is 21.5 Å². The van der Waals surface area contributed by atoms with Crippen molar-refractivity contribution in [1.82, 2.24) is 0 Å². The zero-order valence-electron chi connectivity index (χ0n) is 23.3. The van der Waals surface area contributed by atoms with Crippen LogP contribution in [-0.2, 0) is 20.2 Å². The number of carbonyl (C=O) groups is 2. The average Bonchev–Trinajstić information content (AvgIpc) is 2.92. The maximum absolute atomic E-state index is 14.7. The van der Waals surface area contributed by atoms with Gasteiger partial charge >= 0.3 is 0 Å². The number of amides is 2. The Balaban J connectivity index is 1.52. The van der Waals surface area contributed by atoms with Gasteiger partial charge in [0.05, 0.1) is 10.6 Å². The molecule has 0 aromatic heterocycles. The van der Waals surface area contributed by atoms with Crippen molar-refractivity contribution < 1.29 is 22.4 Å². The van der Waals surface area contributed by atoms with E-state index in [1.54, 1.807) is 48.5 Å². The highest BCUT2D eigenvalue weighted by molar-refractivity contribution is 7.92. The Morgan fingerprint density at radius 3 is 2.02 bits per heavy atom. The number of hydrogen-bond acceptors (Lipinski definition) is 4. The Hall–Kier alpha value is -4.50. The van der Waals surface area contributed by atoms with Crippen molar-refractivity contribution in [2.24, 2.45) is 0 Å². The number of halogens is 1. The van der Waals surface area contributed by atoms with Crippen LogP contribution in [0.4, 0.5) is 21.5 Å². The standard InChI is InChI=1S/C32H32FN3O4S/c1-22-12-18-27(19-13-22)41(39,40)36(29-11-6-5-10-28(29)33)21-30(37)34-25-8-7-9-26(20-25)35-31(38)23-14-16-24(17-15-23)32(2,3)4/h5-20H,21H2,1-4H3,(H,34,37)(H,35,38). The number of nitrogens with zero attached hydrogens (tertiary/aromatic N) is 1. The summed E-state index contributed by atoms with van der Waals surface area (Å²) >= 11 is 0. The van der Waals surface area contributed by atoms with Crippen LogP contribution in [0, 0.1) is 12.7 Å². The number of carbonyl (C=O) groups excluding carboxylic acids is 2. The third-order valence-electron chi connectivity index (χ3n) is 6.43. The van der Waals surface area contributed by atoms with Crippen molar-refractivity contribution in [2.75, 3.05) is 21.5 Å². The summed E-state index contributed by atoms with van der Waals surface area (Å²) in [6.45, 7) is 7.42. The van der Waals surface area contributed by atoms with Crippen LogP contribution in [-0.4, -0.2) is 26.8 Å². The van der Waals surface area contributed by atoms with Crippen molar-refractivity contribution in [3.05, 3.63) is 120 Å². The summed E-state index contributed by atoms with van der Waals surface area (Å²) in [5, 5.41) is 5.46. The molecule has 9 heteroatoms. The van der Waals surface area contributed by atoms with Crippen LogP contribution in [0.15, 0.2) is 102 Å². The summed E-state index contributed by atoms with van der Waals surface area (Å²) in [4.78, 5) is 25.8. The maximum Gasteiger partial charge on any atom is 0.264 e. The minimum absolute atomic E-state index is 0.0388. The molecule has 0 atom stereocenters. The zero-order chi connectivity index (χ0) is 29.8. The van der Waals surface area contributed by atoms with E-state index in [-0.39, 0.29) is 21.9 Å². The molecule has 7 nitrogen and oxygen atoms in total. The molecule has 0 fully saturated rings. The monoisotopic (exact) mass is 573 g/mol. The Labute approximate surface area is 240 Å². The molecule has 0 unspecified atom stereocenters. The predicted molar refractivity (Wildman–Crippen MR) is 160 cm³/mol. The minimum atomic E-state index is -4.27. The molecule has 0 aliphatic rings. The molecule has 4 rings (SSSR count). The molecular formula is C32H32FN3O4S. The maximum atomic E-state index is 14.7. The topological polar surface area (TPSA) is 95.6 Å². The van der Waals surface area contributed by atoms with Gasteiger partial charge < -0.3 is 10.6 Å². The van der Waals surface area contributed by atoms with Gasteiger partial charge in [-0.2, -0.15) is 0 Å². The normalized spacial score (nSPS) is 11.5. The first-order valence-corrected chi connectivity index (χ1v) is 14.4. The Morgan fingerprint density at radius 2 is 1.41 bits per heavy atom. The number of hydrogen-bond donors (Lipinski definition) is 2. The summed E-state index contributed by atoms with van der Waals surface area (Å²) in [7, 11) is -4.27. The summed E-state index contributed by atoms with van der Waals surface area (Å²) in [5.74, 6) is -1.79. The lowest BCUT2D eigenvalue weighted by Crippen LogP contribution is -2.38. The molecule has 0 saturated heterocycles. The number of anilines is 3. The molecule has 4 aromatic rings. The molecule has 41 heavy (non-hydrogen) atoms. The summed E-state index contributed by atoms with van der Waals surface area (Å²) in [6, 6.07) is 25.3. The third-order valence-corrected chi connectivity index (χ3v) is 8.21. The third kappa shape index (κ3) is 7.18. The number of nitrogens with one attached hydrogen (secondary N) is 2. The van der Waals surface area contributed by atoms with Crippen molar-refractivity contribution in [1.29, 1.82) is 0 Å². The SMILES string of the molecule is Cc1ccc(S(=O)(=O)N(CC(=O)Nc2cccc(NC(=O)c3ccc(C(C)(C)C)cc3)c2)c2ccccc2F)cc1. The van der Waals surface area contributed by atoms with Crippen LogP contribution in [0.3, 0.4) is 0 Å². The van der Waals surface area contributed by atoms with E-state index in [9.17, 15) is 22.4 Å². The van der Waals surface area contributed by atoms with Gasteiger partial charge in [0, 0.05) is 16.9 Å². The molecule has 0 aliphatic carbocycles. The number of rotatable bonds is 8. The van der Waals surface area contributed by atoms with E-state index >= 15 is 0 Å². The lowest BCUT2D eigenvalue weighted by atomic mass is 9.87. The van der Waals surface area contributed by atoms with E-state index in [0.29, 0.717) is 16.9 Å². The highest BCUT2D eigenvalue weighted by Crippen LogP contribution is 2.27. The fourth-order valence-electron chi connectivity index (χ4n) is 4.12. The van der Waals surface area contributed by atoms with E-state index in [1.807, 2.05) is 19.1 Å². The van der Waals surface area contributed by atoms with Gasteiger partial charge in [-0.1, -0.05) is 68.8 Å². The fraction of sp³-hybridized carbons (Fsp3) is 0.188. The van der Waals surface area contributed by atoms with Crippen LogP contribution in [0.25, 0.3) is 0 Å². The predicted octanol–water partition coefficient (Wildman–Crippen LogP) is 6.52. The molecule has 0 saturated carbocycles. The van der Waals surface area contributed by atoms with E-state index in [2.05, 4.69) is 31.4 Å². The van der Waals surface area contributed by atoms with Crippen LogP contribution in [0.2, 0.25) is 0 Å². The van der Waals surface area contributed by atoms with Crippen LogP contribution in [0.5, 0.6) is 0 Å². The Morgan fingerprint density at radius 1 is 0.805 bits per heavy atom. The van der Waals surface area contributed by atoms with Gasteiger partial charge in [-0.25, -0.2) is 12.8 Å². The van der Waals surface area contributed by atoms with Gasteiger partial charge in [0.15, 0.2) is 0 Å². The molecule has 0 spiro atoms. The van der Waals surface area contributed by atoms with Gasteiger partial charge in [-0.05, 0) is 72.5 Å². The second kappa shape index (κ2) is 11.9. The molecule has 2 amide bonds. The van der Waals surface area contributed by atoms with Crippen molar-refractivity contribution >= 4 is 38.9 Å². The van der Waals surface area contributed by atoms with Crippen LogP contribution < -0.4 is 14.9 Å². The molecular weight excluding hydrogens is 541 g/mol. The number of sulfonamides is 1. The first-order valence-electron chi connectivity index (χ1n) is 13.0. The van der Waals surface area contributed by atoms with Crippen LogP contribution >= 0.6 is 0 Å². The van der Waals surface area contributed by atoms with E-state index in [1.165, 1.54) is 30.3 Å². The average molecular weight is 574 g/mol. The second-order valence-corrected chi connectivity index (χ2v) is 12.5.